The monoisotopic (exact) mass is 293 g/mol. The van der Waals surface area contributed by atoms with Gasteiger partial charge in [0.2, 0.25) is 5.91 Å². The number of nitrogens with zero attached hydrogens (tertiary/aromatic N) is 1. The van der Waals surface area contributed by atoms with Crippen LogP contribution in [0.3, 0.4) is 0 Å². The highest BCUT2D eigenvalue weighted by Gasteiger charge is 2.31. The highest BCUT2D eigenvalue weighted by atomic mass is 32.2. The molecule has 0 saturated carbocycles. The lowest BCUT2D eigenvalue weighted by Crippen LogP contribution is -2.48. The van der Waals surface area contributed by atoms with Crippen molar-refractivity contribution in [3.8, 4) is 0 Å². The zero-order chi connectivity index (χ0) is 14.5. The van der Waals surface area contributed by atoms with Crippen LogP contribution in [0.5, 0.6) is 0 Å². The third kappa shape index (κ3) is 3.76. The Morgan fingerprint density at radius 1 is 1.30 bits per heavy atom. The molecule has 1 aromatic carbocycles. The summed E-state index contributed by atoms with van der Waals surface area (Å²) in [7, 11) is 0. The van der Waals surface area contributed by atoms with Crippen LogP contribution in [0, 0.1) is 6.92 Å². The van der Waals surface area contributed by atoms with Gasteiger partial charge in [-0.25, -0.2) is 4.79 Å². The molecule has 4 nitrogen and oxygen atoms in total. The molecule has 1 unspecified atom stereocenters. The van der Waals surface area contributed by atoms with Crippen LogP contribution in [-0.4, -0.2) is 40.2 Å². The fourth-order valence-corrected chi connectivity index (χ4v) is 3.13. The maximum Gasteiger partial charge on any atom is 0.326 e. The Hall–Kier alpha value is -1.49. The van der Waals surface area contributed by atoms with Crippen molar-refractivity contribution in [2.24, 2.45) is 0 Å². The maximum atomic E-state index is 12.2. The van der Waals surface area contributed by atoms with Crippen LogP contribution in [0.2, 0.25) is 0 Å². The topological polar surface area (TPSA) is 57.6 Å². The van der Waals surface area contributed by atoms with Gasteiger partial charge >= 0.3 is 5.97 Å². The Morgan fingerprint density at radius 2 is 2.00 bits per heavy atom. The molecule has 108 valence electrons. The first-order chi connectivity index (χ1) is 9.58. The highest BCUT2D eigenvalue weighted by molar-refractivity contribution is 8.00. The molecule has 1 saturated heterocycles. The molecule has 1 N–H and O–H groups in total. The number of hydrogen-bond donors (Lipinski definition) is 1. The molecule has 0 aliphatic carbocycles. The van der Waals surface area contributed by atoms with E-state index in [1.54, 1.807) is 0 Å². The van der Waals surface area contributed by atoms with Crippen LogP contribution in [0.25, 0.3) is 0 Å². The molecule has 1 amide bonds. The van der Waals surface area contributed by atoms with Gasteiger partial charge in [-0.1, -0.05) is 17.7 Å². The van der Waals surface area contributed by atoms with Gasteiger partial charge in [-0.05, 0) is 38.3 Å². The largest absolute Gasteiger partial charge is 0.480 e. The van der Waals surface area contributed by atoms with Crippen molar-refractivity contribution in [1.82, 2.24) is 4.90 Å². The second kappa shape index (κ2) is 6.79. The Kier molecular flexibility index (Phi) is 5.06. The van der Waals surface area contributed by atoms with Gasteiger partial charge in [-0.15, -0.1) is 11.8 Å². The summed E-state index contributed by atoms with van der Waals surface area (Å²) in [6.07, 6.45) is 2.34. The van der Waals surface area contributed by atoms with Crippen molar-refractivity contribution >= 4 is 23.6 Å². The van der Waals surface area contributed by atoms with E-state index >= 15 is 0 Å². The third-order valence-corrected chi connectivity index (χ3v) is 4.49. The molecule has 2 rings (SSSR count). The second-order valence-corrected chi connectivity index (χ2v) is 6.09. The Morgan fingerprint density at radius 3 is 2.65 bits per heavy atom. The molecule has 1 fully saturated rings. The molecule has 20 heavy (non-hydrogen) atoms. The minimum absolute atomic E-state index is 0.0809. The van der Waals surface area contributed by atoms with Gasteiger partial charge in [0.25, 0.3) is 0 Å². The number of hydrogen-bond acceptors (Lipinski definition) is 3. The zero-order valence-corrected chi connectivity index (χ0v) is 12.4. The van der Waals surface area contributed by atoms with Crippen molar-refractivity contribution in [3.05, 3.63) is 29.8 Å². The number of aryl methyl sites for hydroxylation is 1. The van der Waals surface area contributed by atoms with Gasteiger partial charge < -0.3 is 10.0 Å². The van der Waals surface area contributed by atoms with E-state index in [2.05, 4.69) is 0 Å². The molecule has 0 spiro atoms. The summed E-state index contributed by atoms with van der Waals surface area (Å²) in [5.74, 6) is -0.673. The summed E-state index contributed by atoms with van der Waals surface area (Å²) in [4.78, 5) is 25.9. The number of rotatable bonds is 4. The number of piperidine rings is 1. The lowest BCUT2D eigenvalue weighted by molar-refractivity contribution is -0.150. The number of carbonyl (C=O) groups excluding carboxylic acids is 1. The fourth-order valence-electron chi connectivity index (χ4n) is 2.35. The van der Waals surface area contributed by atoms with Crippen LogP contribution < -0.4 is 0 Å². The van der Waals surface area contributed by atoms with Crippen LogP contribution >= 0.6 is 11.8 Å². The minimum atomic E-state index is -0.890. The van der Waals surface area contributed by atoms with Crippen LogP contribution in [0.1, 0.15) is 24.8 Å². The maximum absolute atomic E-state index is 12.2. The Labute approximate surface area is 123 Å². The molecule has 0 bridgehead atoms. The van der Waals surface area contributed by atoms with Gasteiger partial charge in [-0.2, -0.15) is 0 Å². The van der Waals surface area contributed by atoms with Crippen molar-refractivity contribution in [2.45, 2.75) is 37.1 Å². The van der Waals surface area contributed by atoms with Crippen molar-refractivity contribution < 1.29 is 14.7 Å². The summed E-state index contributed by atoms with van der Waals surface area (Å²) in [5, 5.41) is 9.17. The summed E-state index contributed by atoms with van der Waals surface area (Å²) < 4.78 is 0. The standard InChI is InChI=1S/C15H19NO3S/c1-11-5-7-12(8-6-11)20-10-14(17)16-9-3-2-4-13(16)15(18)19/h5-8,13H,2-4,9-10H2,1H3,(H,18,19). The first kappa shape index (κ1) is 14.9. The highest BCUT2D eigenvalue weighted by Crippen LogP contribution is 2.22. The second-order valence-electron chi connectivity index (χ2n) is 5.04. The number of amides is 1. The molecular formula is C15H19NO3S. The molecule has 5 heteroatoms. The van der Waals surface area contributed by atoms with Gasteiger partial charge in [0, 0.05) is 11.4 Å². The molecule has 1 aliphatic rings. The smallest absolute Gasteiger partial charge is 0.326 e. The molecule has 0 aromatic heterocycles. The number of carbonyl (C=O) groups is 2. The number of thioether (sulfide) groups is 1. The van der Waals surface area contributed by atoms with Crippen LogP contribution in [0.15, 0.2) is 29.2 Å². The molecule has 0 radical (unpaired) electrons. The number of carboxylic acid groups (broad SMARTS) is 1. The third-order valence-electron chi connectivity index (χ3n) is 3.49. The van der Waals surface area contributed by atoms with Gasteiger partial charge in [0.15, 0.2) is 0 Å². The number of likely N-dealkylation sites (tertiary alicyclic amines) is 1. The van der Waals surface area contributed by atoms with Crippen molar-refractivity contribution in [2.75, 3.05) is 12.3 Å². The van der Waals surface area contributed by atoms with Gasteiger partial charge in [0.1, 0.15) is 6.04 Å². The predicted octanol–water partition coefficient (Wildman–Crippen LogP) is 2.55. The summed E-state index contributed by atoms with van der Waals surface area (Å²) >= 11 is 1.46. The SMILES string of the molecule is Cc1ccc(SCC(=O)N2CCCCC2C(=O)O)cc1. The summed E-state index contributed by atoms with van der Waals surface area (Å²) in [5.41, 5.74) is 1.18. The van der Waals surface area contributed by atoms with Gasteiger partial charge in [0.05, 0.1) is 5.75 Å². The summed E-state index contributed by atoms with van der Waals surface area (Å²) in [6.45, 7) is 2.58. The van der Waals surface area contributed by atoms with E-state index in [9.17, 15) is 14.7 Å². The van der Waals surface area contributed by atoms with E-state index in [4.69, 9.17) is 0 Å². The Balaban J connectivity index is 1.93. The average Bonchev–Trinajstić information content (AvgIpc) is 2.46. The van der Waals surface area contributed by atoms with Crippen LogP contribution in [0.4, 0.5) is 0 Å². The predicted molar refractivity (Wildman–Crippen MR) is 78.9 cm³/mol. The number of aliphatic carboxylic acids is 1. The molecular weight excluding hydrogens is 274 g/mol. The van der Waals surface area contributed by atoms with Gasteiger partial charge in [-0.3, -0.25) is 4.79 Å². The van der Waals surface area contributed by atoms with E-state index in [1.165, 1.54) is 22.2 Å². The van der Waals surface area contributed by atoms with Crippen molar-refractivity contribution in [3.63, 3.8) is 0 Å². The minimum Gasteiger partial charge on any atom is -0.480 e. The normalized spacial score (nSPS) is 18.9. The first-order valence-electron chi connectivity index (χ1n) is 6.79. The number of carboxylic acids is 1. The number of benzene rings is 1. The average molecular weight is 293 g/mol. The lowest BCUT2D eigenvalue weighted by atomic mass is 10.0. The Bertz CT molecular complexity index is 486. The van der Waals surface area contributed by atoms with Crippen LogP contribution in [-0.2, 0) is 9.59 Å². The molecule has 1 heterocycles. The van der Waals surface area contributed by atoms with E-state index in [-0.39, 0.29) is 5.91 Å². The zero-order valence-electron chi connectivity index (χ0n) is 11.5. The van der Waals surface area contributed by atoms with E-state index < -0.39 is 12.0 Å². The lowest BCUT2D eigenvalue weighted by Gasteiger charge is -2.32. The van der Waals surface area contributed by atoms with E-state index in [1.807, 2.05) is 31.2 Å². The quantitative estimate of drug-likeness (QED) is 0.867. The molecule has 1 atom stereocenters. The van der Waals surface area contributed by atoms with E-state index in [0.717, 1.165) is 17.7 Å². The molecule has 1 aliphatic heterocycles. The summed E-state index contributed by atoms with van der Waals surface area (Å²) in [6, 6.07) is 7.34. The first-order valence-corrected chi connectivity index (χ1v) is 7.78. The fraction of sp³-hybridized carbons (Fsp3) is 0.467. The van der Waals surface area contributed by atoms with E-state index in [0.29, 0.717) is 18.7 Å². The van der Waals surface area contributed by atoms with Crippen molar-refractivity contribution in [1.29, 1.82) is 0 Å². The molecule has 1 aromatic rings.